The molecule has 180 valence electrons. The summed E-state index contributed by atoms with van der Waals surface area (Å²) in [5.74, 6) is -0.129. The molecule has 3 rings (SSSR count). The van der Waals surface area contributed by atoms with Crippen LogP contribution in [0, 0.1) is 0 Å². The summed E-state index contributed by atoms with van der Waals surface area (Å²) in [5, 5.41) is 20.4. The van der Waals surface area contributed by atoms with Gasteiger partial charge in [0, 0.05) is 0 Å². The summed E-state index contributed by atoms with van der Waals surface area (Å²) >= 11 is 0. The largest absolute Gasteiger partial charge is 0.490 e. The maximum absolute atomic E-state index is 11.8. The van der Waals surface area contributed by atoms with Crippen LogP contribution in [0.25, 0.3) is 11.2 Å². The van der Waals surface area contributed by atoms with Crippen LogP contribution in [-0.2, 0) is 31.6 Å². The zero-order chi connectivity index (χ0) is 24.1. The normalized spacial score (nSPS) is 27.9. The molecule has 0 aromatic carbocycles. The van der Waals surface area contributed by atoms with Gasteiger partial charge in [-0.3, -0.25) is 14.1 Å². The van der Waals surface area contributed by atoms with E-state index in [2.05, 4.69) is 28.1 Å². The van der Waals surface area contributed by atoms with Crippen LogP contribution >= 0.6 is 23.5 Å². The zero-order valence-corrected chi connectivity index (χ0v) is 18.0. The first kappa shape index (κ1) is 25.1. The molecule has 1 saturated heterocycles. The van der Waals surface area contributed by atoms with Crippen LogP contribution in [0.2, 0.25) is 0 Å². The van der Waals surface area contributed by atoms with Crippen LogP contribution in [-0.4, -0.2) is 74.2 Å². The molecule has 0 saturated carbocycles. The second kappa shape index (κ2) is 8.66. The molecule has 1 aliphatic rings. The summed E-state index contributed by atoms with van der Waals surface area (Å²) in [4.78, 5) is 56.9. The van der Waals surface area contributed by atoms with Crippen LogP contribution in [0.1, 0.15) is 6.23 Å². The first-order chi connectivity index (χ1) is 14.6. The number of aliphatic hydroxyl groups is 2. The Bertz CT molecular complexity index is 1210. The van der Waals surface area contributed by atoms with E-state index in [-0.39, 0.29) is 17.0 Å². The van der Waals surface area contributed by atoms with Crippen molar-refractivity contribution in [3.63, 3.8) is 0 Å². The minimum absolute atomic E-state index is 0.0478. The molecule has 0 amide bonds. The fourth-order valence-electron chi connectivity index (χ4n) is 2.71. The number of phosphoric acid groups is 3. The predicted molar refractivity (Wildman–Crippen MR) is 98.3 cm³/mol. The van der Waals surface area contributed by atoms with Gasteiger partial charge >= 0.3 is 29.2 Å². The topological polar surface area (TPSA) is 299 Å². The molecule has 22 heteroatoms. The smallest absolute Gasteiger partial charge is 0.387 e. The van der Waals surface area contributed by atoms with Gasteiger partial charge in [0.2, 0.25) is 0 Å². The number of aromatic nitrogens is 4. The summed E-state index contributed by atoms with van der Waals surface area (Å²) in [5.41, 5.74) is 4.72. The lowest BCUT2D eigenvalue weighted by atomic mass is 10.1. The third-order valence-corrected chi connectivity index (χ3v) is 7.70. The quantitative estimate of drug-likeness (QED) is 0.168. The molecule has 0 radical (unpaired) electrons. The summed E-state index contributed by atoms with van der Waals surface area (Å²) in [6.45, 7) is -1.01. The van der Waals surface area contributed by atoms with Gasteiger partial charge in [-0.15, -0.1) is 0 Å². The number of imidazole rings is 1. The average Bonchev–Trinajstić information content (AvgIpc) is 3.12. The molecule has 1 fully saturated rings. The number of anilines is 1. The molecular weight excluding hydrogens is 507 g/mol. The van der Waals surface area contributed by atoms with E-state index >= 15 is 0 Å². The number of fused-ring (bicyclic) bond motifs is 1. The summed E-state index contributed by atoms with van der Waals surface area (Å²) in [7, 11) is -16.8. The number of aliphatic hydroxyl groups excluding tert-OH is 2. The van der Waals surface area contributed by atoms with E-state index in [0.717, 1.165) is 10.9 Å². The fraction of sp³-hybridized carbons (Fsp3) is 0.500. The lowest BCUT2D eigenvalue weighted by Gasteiger charge is -2.19. The predicted octanol–water partition coefficient (Wildman–Crippen LogP) is -2.34. The first-order valence-corrected chi connectivity index (χ1v) is 12.6. The van der Waals surface area contributed by atoms with Gasteiger partial charge in [0.25, 0.3) is 0 Å². The molecule has 3 heterocycles. The molecular formula is C10H16N5O14P3. The lowest BCUT2D eigenvalue weighted by Crippen LogP contribution is -2.33. The number of nitrogen functional groups attached to an aromatic ring is 1. The van der Waals surface area contributed by atoms with Crippen molar-refractivity contribution >= 4 is 40.4 Å². The number of hydrogen-bond donors (Lipinski definition) is 8. The Balaban J connectivity index is 1.72. The van der Waals surface area contributed by atoms with Crippen LogP contribution < -0.4 is 11.4 Å². The van der Waals surface area contributed by atoms with Gasteiger partial charge in [-0.05, 0) is 0 Å². The lowest BCUT2D eigenvalue weighted by molar-refractivity contribution is -0.0503. The molecule has 32 heavy (non-hydrogen) atoms. The van der Waals surface area contributed by atoms with Gasteiger partial charge in [0.1, 0.15) is 29.6 Å². The minimum atomic E-state index is -5.73. The van der Waals surface area contributed by atoms with Crippen molar-refractivity contribution in [1.29, 1.82) is 0 Å². The van der Waals surface area contributed by atoms with Crippen molar-refractivity contribution in [2.45, 2.75) is 24.5 Å². The SMILES string of the molecule is Nc1[nH]c(=O)nc2c1ncn2[C@@H]1O[C@H](COP(=O)(O)OP(=O)(O)OP(=O)(O)O)[C@@H](O)[C@H]1O. The Hall–Kier alpha value is -1.56. The highest BCUT2D eigenvalue weighted by atomic mass is 31.3. The molecule has 9 N–H and O–H groups in total. The van der Waals surface area contributed by atoms with Gasteiger partial charge in [-0.25, -0.2) is 23.5 Å². The minimum Gasteiger partial charge on any atom is -0.387 e. The number of aromatic amines is 1. The second-order valence-corrected chi connectivity index (χ2v) is 10.6. The second-order valence-electron chi connectivity index (χ2n) is 6.21. The van der Waals surface area contributed by atoms with Crippen LogP contribution in [0.15, 0.2) is 11.1 Å². The highest BCUT2D eigenvalue weighted by Gasteiger charge is 2.47. The standard InChI is InChI=1S/C10H16N5O14P3/c11-7-4-8(14-10(18)13-7)15(2-12-4)9-6(17)5(16)3(27-9)1-26-31(22,23)29-32(24,25)28-30(19,20)21/h2-3,5-6,9,16-17H,1H2,(H,22,23)(H,24,25)(H2,19,20,21)(H3,11,13,14,18)/t3-,5-,6-,9-/m1/s1. The third kappa shape index (κ3) is 5.67. The van der Waals surface area contributed by atoms with Crippen LogP contribution in [0.4, 0.5) is 5.82 Å². The van der Waals surface area contributed by atoms with Crippen molar-refractivity contribution in [3.05, 3.63) is 16.8 Å². The molecule has 1 aliphatic heterocycles. The van der Waals surface area contributed by atoms with E-state index in [9.17, 15) is 33.6 Å². The van der Waals surface area contributed by atoms with Crippen molar-refractivity contribution in [2.24, 2.45) is 0 Å². The molecule has 19 nitrogen and oxygen atoms in total. The number of phosphoric ester groups is 1. The first-order valence-electron chi connectivity index (χ1n) is 8.11. The fourth-order valence-corrected chi connectivity index (χ4v) is 5.74. The van der Waals surface area contributed by atoms with E-state index in [1.54, 1.807) is 0 Å². The van der Waals surface area contributed by atoms with Crippen LogP contribution in [0.3, 0.4) is 0 Å². The zero-order valence-electron chi connectivity index (χ0n) is 15.3. The maximum Gasteiger partial charge on any atom is 0.490 e. The van der Waals surface area contributed by atoms with Gasteiger partial charge in [-0.1, -0.05) is 0 Å². The van der Waals surface area contributed by atoms with E-state index in [0.29, 0.717) is 0 Å². The third-order valence-electron chi connectivity index (χ3n) is 3.90. The van der Waals surface area contributed by atoms with E-state index in [4.69, 9.17) is 25.2 Å². The molecule has 6 atom stereocenters. The van der Waals surface area contributed by atoms with Crippen LogP contribution in [0.5, 0.6) is 0 Å². The molecule has 2 unspecified atom stereocenters. The summed E-state index contributed by atoms with van der Waals surface area (Å²) in [6, 6.07) is 0. The summed E-state index contributed by atoms with van der Waals surface area (Å²) < 4.78 is 51.6. The van der Waals surface area contributed by atoms with Gasteiger partial charge in [0.15, 0.2) is 11.9 Å². The number of rotatable bonds is 8. The van der Waals surface area contributed by atoms with E-state index in [1.807, 2.05) is 0 Å². The summed E-state index contributed by atoms with van der Waals surface area (Å²) in [6.07, 6.45) is -5.30. The molecule has 2 aromatic heterocycles. The molecule has 0 spiro atoms. The number of nitrogens with one attached hydrogen (secondary N) is 1. The molecule has 0 aliphatic carbocycles. The Labute approximate surface area is 175 Å². The number of H-pyrrole nitrogens is 1. The molecule has 2 aromatic rings. The van der Waals surface area contributed by atoms with Gasteiger partial charge < -0.3 is 40.3 Å². The Morgan fingerprint density at radius 2 is 1.78 bits per heavy atom. The number of nitrogens with zero attached hydrogens (tertiary/aromatic N) is 3. The monoisotopic (exact) mass is 523 g/mol. The van der Waals surface area contributed by atoms with Crippen molar-refractivity contribution in [3.8, 4) is 0 Å². The van der Waals surface area contributed by atoms with Crippen molar-refractivity contribution in [2.75, 3.05) is 12.3 Å². The van der Waals surface area contributed by atoms with Crippen molar-refractivity contribution in [1.82, 2.24) is 19.5 Å². The Morgan fingerprint density at radius 3 is 2.41 bits per heavy atom. The number of hydrogen-bond acceptors (Lipinski definition) is 13. The van der Waals surface area contributed by atoms with E-state index in [1.165, 1.54) is 0 Å². The highest BCUT2D eigenvalue weighted by Crippen LogP contribution is 2.66. The van der Waals surface area contributed by atoms with Crippen molar-refractivity contribution < 1.29 is 61.4 Å². The highest BCUT2D eigenvalue weighted by molar-refractivity contribution is 7.66. The Kier molecular flexibility index (Phi) is 6.78. The van der Waals surface area contributed by atoms with Gasteiger partial charge in [-0.2, -0.15) is 13.6 Å². The number of ether oxygens (including phenoxy) is 1. The Morgan fingerprint density at radius 1 is 1.12 bits per heavy atom. The number of nitrogens with two attached hydrogens (primary N) is 1. The molecule has 0 bridgehead atoms. The van der Waals surface area contributed by atoms with E-state index < -0.39 is 60.3 Å². The average molecular weight is 523 g/mol. The van der Waals surface area contributed by atoms with Gasteiger partial charge in [0.05, 0.1) is 12.9 Å². The maximum atomic E-state index is 11.8.